The Bertz CT molecular complexity index is 330. The van der Waals surface area contributed by atoms with E-state index in [-0.39, 0.29) is 15.8 Å². The van der Waals surface area contributed by atoms with Crippen molar-refractivity contribution in [3.63, 3.8) is 0 Å². The third kappa shape index (κ3) is 3.77. The second-order valence-electron chi connectivity index (χ2n) is 9.87. The largest absolute Gasteiger partial charge is 0.101 e. The van der Waals surface area contributed by atoms with Crippen LogP contribution in [-0.2, 0) is 0 Å². The highest BCUT2D eigenvalue weighted by Crippen LogP contribution is 2.67. The van der Waals surface area contributed by atoms with Crippen LogP contribution in [0, 0.1) is 0 Å². The standard InChI is InChI=1S/C18H38P2Si/c1-17(2,3)19-13-9-11-15(19)21(7,8)16-12-10-14-20(16)18(4,5)6/h15-16H,9-14H2,1-8H3/t15-,16-,19+,20+/m0/s1. The molecule has 0 saturated carbocycles. The molecule has 0 aromatic heterocycles. The Labute approximate surface area is 137 Å². The van der Waals surface area contributed by atoms with Crippen molar-refractivity contribution in [1.82, 2.24) is 0 Å². The van der Waals surface area contributed by atoms with Crippen LogP contribution in [0.4, 0.5) is 0 Å². The summed E-state index contributed by atoms with van der Waals surface area (Å²) in [5.41, 5.74) is 0. The van der Waals surface area contributed by atoms with Gasteiger partial charge in [-0.1, -0.05) is 54.6 Å². The smallest absolute Gasteiger partial charge is 0.0624 e. The first kappa shape index (κ1) is 18.4. The number of hydrogen-bond donors (Lipinski definition) is 0. The molecule has 0 nitrogen and oxygen atoms in total. The van der Waals surface area contributed by atoms with Gasteiger partial charge < -0.3 is 0 Å². The fraction of sp³-hybridized carbons (Fsp3) is 1.00. The summed E-state index contributed by atoms with van der Waals surface area (Å²) >= 11 is 0. The van der Waals surface area contributed by atoms with Crippen LogP contribution in [0.5, 0.6) is 0 Å². The molecule has 0 N–H and O–H groups in total. The van der Waals surface area contributed by atoms with E-state index in [1.165, 1.54) is 12.8 Å². The summed E-state index contributed by atoms with van der Waals surface area (Å²) in [5.74, 6) is 0. The summed E-state index contributed by atoms with van der Waals surface area (Å²) in [6, 6.07) is 0. The predicted molar refractivity (Wildman–Crippen MR) is 107 cm³/mol. The van der Waals surface area contributed by atoms with Gasteiger partial charge in [-0.15, -0.1) is 15.8 Å². The van der Waals surface area contributed by atoms with Crippen molar-refractivity contribution in [2.24, 2.45) is 0 Å². The maximum Gasteiger partial charge on any atom is 0.0624 e. The lowest BCUT2D eigenvalue weighted by Gasteiger charge is -2.48. The molecule has 0 bridgehead atoms. The van der Waals surface area contributed by atoms with Gasteiger partial charge in [0.25, 0.3) is 0 Å². The van der Waals surface area contributed by atoms with Crippen LogP contribution in [0.15, 0.2) is 0 Å². The summed E-state index contributed by atoms with van der Waals surface area (Å²) in [6.07, 6.45) is 9.35. The van der Waals surface area contributed by atoms with Gasteiger partial charge >= 0.3 is 0 Å². The average molecular weight is 345 g/mol. The summed E-state index contributed by atoms with van der Waals surface area (Å²) in [7, 11) is -0.598. The minimum absolute atomic E-state index is 0.263. The van der Waals surface area contributed by atoms with Crippen molar-refractivity contribution >= 4 is 23.9 Å². The molecule has 124 valence electrons. The van der Waals surface area contributed by atoms with Crippen LogP contribution >= 0.6 is 15.8 Å². The average Bonchev–Trinajstić information content (AvgIpc) is 2.97. The van der Waals surface area contributed by atoms with Gasteiger partial charge in [0.15, 0.2) is 0 Å². The van der Waals surface area contributed by atoms with Crippen LogP contribution in [0.2, 0.25) is 13.1 Å². The van der Waals surface area contributed by atoms with Crippen molar-refractivity contribution in [2.75, 3.05) is 12.3 Å². The van der Waals surface area contributed by atoms with E-state index >= 15 is 0 Å². The fourth-order valence-electron chi connectivity index (χ4n) is 4.91. The maximum absolute atomic E-state index is 2.79. The summed E-state index contributed by atoms with van der Waals surface area (Å²) in [4.78, 5) is 0. The molecule has 0 spiro atoms. The molecule has 0 unspecified atom stereocenters. The second kappa shape index (κ2) is 6.18. The van der Waals surface area contributed by atoms with Crippen molar-refractivity contribution < 1.29 is 0 Å². The van der Waals surface area contributed by atoms with Gasteiger partial charge in [-0.2, -0.15) is 0 Å². The Kier molecular flexibility index (Phi) is 5.42. The molecule has 4 atom stereocenters. The van der Waals surface area contributed by atoms with Crippen LogP contribution in [0.25, 0.3) is 0 Å². The van der Waals surface area contributed by atoms with Gasteiger partial charge in [-0.05, 0) is 58.9 Å². The molecule has 0 aromatic rings. The van der Waals surface area contributed by atoms with Crippen molar-refractivity contribution in [1.29, 1.82) is 0 Å². The van der Waals surface area contributed by atoms with Crippen molar-refractivity contribution in [2.45, 2.75) is 101 Å². The highest BCUT2D eigenvalue weighted by atomic mass is 31.1. The van der Waals surface area contributed by atoms with Gasteiger partial charge in [0.1, 0.15) is 0 Å². The van der Waals surface area contributed by atoms with Gasteiger partial charge in [0, 0.05) is 0 Å². The molecular formula is C18H38P2Si. The van der Waals surface area contributed by atoms with Gasteiger partial charge in [0.2, 0.25) is 0 Å². The predicted octanol–water partition coefficient (Wildman–Crippen LogP) is 6.66. The quantitative estimate of drug-likeness (QED) is 0.388. The van der Waals surface area contributed by atoms with E-state index in [2.05, 4.69) is 54.6 Å². The molecule has 2 heterocycles. The number of hydrogen-bond acceptors (Lipinski definition) is 0. The Hall–Kier alpha value is 1.08. The Balaban J connectivity index is 2.24. The fourth-order valence-corrected chi connectivity index (χ4v) is 24.1. The molecule has 2 aliphatic heterocycles. The zero-order chi connectivity index (χ0) is 16.1. The summed E-state index contributed by atoms with van der Waals surface area (Å²) in [5, 5.41) is 3.49. The lowest BCUT2D eigenvalue weighted by atomic mass is 10.3. The minimum atomic E-state index is -1.13. The van der Waals surface area contributed by atoms with Crippen LogP contribution in [-0.4, -0.2) is 41.3 Å². The first-order valence-corrected chi connectivity index (χ1v) is 15.3. The molecule has 0 aromatic carbocycles. The van der Waals surface area contributed by atoms with E-state index in [1.807, 2.05) is 0 Å². The first-order valence-electron chi connectivity index (χ1n) is 8.99. The maximum atomic E-state index is 2.79. The van der Waals surface area contributed by atoms with Crippen LogP contribution in [0.1, 0.15) is 67.2 Å². The van der Waals surface area contributed by atoms with E-state index in [0.717, 1.165) is 10.6 Å². The van der Waals surface area contributed by atoms with E-state index < -0.39 is 8.07 Å². The third-order valence-corrected chi connectivity index (χ3v) is 22.9. The lowest BCUT2D eigenvalue weighted by Crippen LogP contribution is -2.51. The molecule has 2 fully saturated rings. The molecule has 3 heteroatoms. The van der Waals surface area contributed by atoms with Gasteiger partial charge in [0.05, 0.1) is 8.07 Å². The van der Waals surface area contributed by atoms with Crippen molar-refractivity contribution in [3.05, 3.63) is 0 Å². The molecule has 0 radical (unpaired) electrons. The molecule has 2 rings (SSSR count). The van der Waals surface area contributed by atoms with E-state index in [1.54, 1.807) is 25.2 Å². The van der Waals surface area contributed by atoms with Gasteiger partial charge in [-0.3, -0.25) is 0 Å². The third-order valence-electron chi connectivity index (χ3n) is 5.95. The van der Waals surface area contributed by atoms with Crippen LogP contribution in [0.3, 0.4) is 0 Å². The highest BCUT2D eigenvalue weighted by molar-refractivity contribution is 7.67. The topological polar surface area (TPSA) is 0 Å². The molecule has 0 aliphatic carbocycles. The second-order valence-corrected chi connectivity index (χ2v) is 22.6. The Morgan fingerprint density at radius 1 is 0.714 bits per heavy atom. The zero-order valence-electron chi connectivity index (χ0n) is 15.8. The zero-order valence-corrected chi connectivity index (χ0v) is 18.6. The van der Waals surface area contributed by atoms with E-state index in [4.69, 9.17) is 0 Å². The Morgan fingerprint density at radius 2 is 1.05 bits per heavy atom. The SMILES string of the molecule is CC(C)(C)[P@]1CCC[C@@H]1[Si](C)(C)[C@H]1CCC[P@@]1C(C)(C)C. The molecule has 2 saturated heterocycles. The molecule has 2 aliphatic rings. The summed E-state index contributed by atoms with van der Waals surface area (Å²) < 4.78 is 0. The molecular weight excluding hydrogens is 306 g/mol. The van der Waals surface area contributed by atoms with Crippen LogP contribution < -0.4 is 0 Å². The normalized spacial score (nSPS) is 35.4. The minimum Gasteiger partial charge on any atom is -0.101 e. The molecule has 21 heavy (non-hydrogen) atoms. The summed E-state index contributed by atoms with van der Waals surface area (Å²) in [6.45, 7) is 20.8. The number of rotatable bonds is 2. The Morgan fingerprint density at radius 3 is 1.33 bits per heavy atom. The van der Waals surface area contributed by atoms with E-state index in [9.17, 15) is 0 Å². The van der Waals surface area contributed by atoms with E-state index in [0.29, 0.717) is 10.3 Å². The lowest BCUT2D eigenvalue weighted by molar-refractivity contribution is 0.773. The first-order chi connectivity index (χ1) is 9.45. The highest BCUT2D eigenvalue weighted by Gasteiger charge is 2.52. The molecule has 0 amide bonds. The van der Waals surface area contributed by atoms with Crippen molar-refractivity contribution in [3.8, 4) is 0 Å². The monoisotopic (exact) mass is 344 g/mol. The van der Waals surface area contributed by atoms with Gasteiger partial charge in [-0.25, -0.2) is 0 Å².